The zero-order chi connectivity index (χ0) is 12.1. The van der Waals surface area contributed by atoms with Crippen LogP contribution in [0.4, 0.5) is 0 Å². The van der Waals surface area contributed by atoms with E-state index in [9.17, 15) is 5.21 Å². The molecule has 2 rings (SSSR count). The molecular formula is C14H20N2O. The van der Waals surface area contributed by atoms with Gasteiger partial charge in [0.1, 0.15) is 0 Å². The van der Waals surface area contributed by atoms with Gasteiger partial charge in [0, 0.05) is 19.4 Å². The van der Waals surface area contributed by atoms with Gasteiger partial charge in [-0.05, 0) is 18.4 Å². The summed E-state index contributed by atoms with van der Waals surface area (Å²) in [5.74, 6) is 0.0896. The summed E-state index contributed by atoms with van der Waals surface area (Å²) in [6, 6.07) is 10.1. The molecule has 3 heteroatoms. The summed E-state index contributed by atoms with van der Waals surface area (Å²) in [4.78, 5) is 0. The van der Waals surface area contributed by atoms with Crippen LogP contribution >= 0.6 is 0 Å². The van der Waals surface area contributed by atoms with Crippen LogP contribution in [0.3, 0.4) is 0 Å². The molecule has 1 aliphatic heterocycles. The minimum atomic E-state index is 0.0896. The number of rotatable bonds is 3. The third-order valence-corrected chi connectivity index (χ3v) is 3.45. The lowest BCUT2D eigenvalue weighted by atomic mass is 9.91. The van der Waals surface area contributed by atoms with Crippen LogP contribution < -0.4 is 5.73 Å². The van der Waals surface area contributed by atoms with Gasteiger partial charge >= 0.3 is 0 Å². The lowest BCUT2D eigenvalue weighted by molar-refractivity contribution is -0.460. The minimum Gasteiger partial charge on any atom is -0.624 e. The van der Waals surface area contributed by atoms with Crippen LogP contribution in [0.2, 0.25) is 0 Å². The van der Waals surface area contributed by atoms with E-state index in [-0.39, 0.29) is 5.92 Å². The Hall–Kier alpha value is -1.35. The molecule has 17 heavy (non-hydrogen) atoms. The Labute approximate surface area is 103 Å². The van der Waals surface area contributed by atoms with Crippen LogP contribution in [0.25, 0.3) is 0 Å². The highest BCUT2D eigenvalue weighted by atomic mass is 16.5. The normalized spacial score (nSPS) is 18.9. The number of benzene rings is 1. The van der Waals surface area contributed by atoms with Gasteiger partial charge in [0.25, 0.3) is 0 Å². The van der Waals surface area contributed by atoms with Crippen molar-refractivity contribution in [3.05, 3.63) is 41.1 Å². The second-order valence-electron chi connectivity index (χ2n) is 4.60. The van der Waals surface area contributed by atoms with Gasteiger partial charge in [-0.25, -0.2) is 4.74 Å². The highest BCUT2D eigenvalue weighted by Gasteiger charge is 2.24. The van der Waals surface area contributed by atoms with Crippen molar-refractivity contribution in [2.24, 2.45) is 5.73 Å². The van der Waals surface area contributed by atoms with Crippen molar-refractivity contribution in [3.63, 3.8) is 0 Å². The summed E-state index contributed by atoms with van der Waals surface area (Å²) in [6.07, 6.45) is 4.14. The molecule has 1 heterocycles. The van der Waals surface area contributed by atoms with Crippen molar-refractivity contribution in [3.8, 4) is 0 Å². The molecule has 3 nitrogen and oxygen atoms in total. The molecule has 0 aliphatic carbocycles. The Kier molecular flexibility index (Phi) is 4.15. The maximum absolute atomic E-state index is 12.0. The molecule has 1 aliphatic rings. The molecule has 0 bridgehead atoms. The van der Waals surface area contributed by atoms with Crippen LogP contribution in [0.1, 0.15) is 37.2 Å². The summed E-state index contributed by atoms with van der Waals surface area (Å²) in [5, 5.41) is 12.0. The molecule has 1 unspecified atom stereocenters. The molecule has 0 saturated heterocycles. The Morgan fingerprint density at radius 3 is 2.65 bits per heavy atom. The average molecular weight is 232 g/mol. The Balaban J connectivity index is 2.28. The van der Waals surface area contributed by atoms with Crippen molar-refractivity contribution >= 4 is 5.71 Å². The molecular weight excluding hydrogens is 212 g/mol. The van der Waals surface area contributed by atoms with E-state index in [0.29, 0.717) is 13.1 Å². The zero-order valence-electron chi connectivity index (χ0n) is 10.1. The molecule has 0 saturated carbocycles. The molecule has 0 radical (unpaired) electrons. The average Bonchev–Trinajstić information content (AvgIpc) is 2.58. The van der Waals surface area contributed by atoms with E-state index in [1.807, 2.05) is 18.2 Å². The number of hydrogen-bond donors (Lipinski definition) is 1. The van der Waals surface area contributed by atoms with Crippen molar-refractivity contribution in [2.45, 2.75) is 31.6 Å². The standard InChI is InChI=1S/C14H20N2O/c15-11-13(12-7-3-1-4-8-12)14-9-5-2-6-10-16(14)17/h1,3-4,7-8,13H,2,5-6,9-11,15H2. The first-order valence-electron chi connectivity index (χ1n) is 6.38. The Morgan fingerprint density at radius 2 is 1.94 bits per heavy atom. The molecule has 92 valence electrons. The first-order chi connectivity index (χ1) is 8.33. The number of hydroxylamine groups is 1. The van der Waals surface area contributed by atoms with Crippen molar-refractivity contribution in [2.75, 3.05) is 13.1 Å². The maximum Gasteiger partial charge on any atom is 0.172 e. The highest BCUT2D eigenvalue weighted by molar-refractivity contribution is 5.87. The van der Waals surface area contributed by atoms with E-state index >= 15 is 0 Å². The summed E-state index contributed by atoms with van der Waals surface area (Å²) in [6.45, 7) is 1.14. The van der Waals surface area contributed by atoms with Gasteiger partial charge in [0.15, 0.2) is 12.3 Å². The number of nitrogens with two attached hydrogens (primary N) is 1. The minimum absolute atomic E-state index is 0.0896. The quantitative estimate of drug-likeness (QED) is 0.642. The molecule has 1 atom stereocenters. The van der Waals surface area contributed by atoms with Gasteiger partial charge in [0.2, 0.25) is 0 Å². The van der Waals surface area contributed by atoms with Gasteiger partial charge in [-0.2, -0.15) is 0 Å². The molecule has 0 aromatic heterocycles. The third kappa shape index (κ3) is 2.86. The first-order valence-corrected chi connectivity index (χ1v) is 6.38. The van der Waals surface area contributed by atoms with Gasteiger partial charge in [-0.3, -0.25) is 0 Å². The Morgan fingerprint density at radius 1 is 1.18 bits per heavy atom. The molecule has 1 aromatic rings. The molecule has 0 amide bonds. The Bertz CT molecular complexity index is 386. The number of nitrogens with zero attached hydrogens (tertiary/aromatic N) is 1. The van der Waals surface area contributed by atoms with Gasteiger partial charge in [0.05, 0.1) is 5.92 Å². The second kappa shape index (κ2) is 5.82. The van der Waals surface area contributed by atoms with Gasteiger partial charge in [-0.1, -0.05) is 30.3 Å². The van der Waals surface area contributed by atoms with E-state index in [0.717, 1.165) is 37.0 Å². The van der Waals surface area contributed by atoms with E-state index in [2.05, 4.69) is 12.1 Å². The van der Waals surface area contributed by atoms with Crippen molar-refractivity contribution in [1.29, 1.82) is 0 Å². The third-order valence-electron chi connectivity index (χ3n) is 3.45. The molecule has 1 aromatic carbocycles. The smallest absolute Gasteiger partial charge is 0.172 e. The predicted octanol–water partition coefficient (Wildman–Crippen LogP) is 2.25. The predicted molar refractivity (Wildman–Crippen MR) is 70.2 cm³/mol. The van der Waals surface area contributed by atoms with E-state index < -0.39 is 0 Å². The SMILES string of the molecule is NCC(C1=[N+]([O-])CCCCC1)c1ccccc1. The van der Waals surface area contributed by atoms with Gasteiger partial charge in [-0.15, -0.1) is 0 Å². The number of hydrogen-bond acceptors (Lipinski definition) is 2. The largest absolute Gasteiger partial charge is 0.624 e. The maximum atomic E-state index is 12.0. The summed E-state index contributed by atoms with van der Waals surface area (Å²) >= 11 is 0. The van der Waals surface area contributed by atoms with Crippen LogP contribution in [0.5, 0.6) is 0 Å². The highest BCUT2D eigenvalue weighted by Crippen LogP contribution is 2.21. The van der Waals surface area contributed by atoms with E-state index in [4.69, 9.17) is 5.73 Å². The fourth-order valence-electron chi connectivity index (χ4n) is 2.50. The molecule has 0 fully saturated rings. The monoisotopic (exact) mass is 232 g/mol. The van der Waals surface area contributed by atoms with Crippen LogP contribution in [-0.2, 0) is 0 Å². The van der Waals surface area contributed by atoms with Gasteiger partial charge < -0.3 is 10.9 Å². The lowest BCUT2D eigenvalue weighted by Crippen LogP contribution is -2.28. The van der Waals surface area contributed by atoms with E-state index in [1.165, 1.54) is 4.74 Å². The van der Waals surface area contributed by atoms with Crippen molar-refractivity contribution in [1.82, 2.24) is 0 Å². The lowest BCUT2D eigenvalue weighted by Gasteiger charge is -2.17. The summed E-state index contributed by atoms with van der Waals surface area (Å²) in [5.41, 5.74) is 7.99. The molecule has 0 spiro atoms. The topological polar surface area (TPSA) is 52.1 Å². The van der Waals surface area contributed by atoms with Crippen LogP contribution in [-0.4, -0.2) is 23.5 Å². The van der Waals surface area contributed by atoms with Crippen LogP contribution in [0.15, 0.2) is 30.3 Å². The fourth-order valence-corrected chi connectivity index (χ4v) is 2.50. The van der Waals surface area contributed by atoms with Crippen molar-refractivity contribution < 1.29 is 4.74 Å². The van der Waals surface area contributed by atoms with Crippen LogP contribution in [0, 0.1) is 5.21 Å². The van der Waals surface area contributed by atoms with E-state index in [1.54, 1.807) is 0 Å². The second-order valence-corrected chi connectivity index (χ2v) is 4.60. The summed E-state index contributed by atoms with van der Waals surface area (Å²) < 4.78 is 1.18. The fraction of sp³-hybridized carbons (Fsp3) is 0.500. The first kappa shape index (κ1) is 12.1. The molecule has 2 N–H and O–H groups in total. The zero-order valence-corrected chi connectivity index (χ0v) is 10.1. The summed E-state index contributed by atoms with van der Waals surface area (Å²) in [7, 11) is 0.